The average molecular weight is 262 g/mol. The van der Waals surface area contributed by atoms with Crippen molar-refractivity contribution in [2.45, 2.75) is 24.2 Å². The van der Waals surface area contributed by atoms with E-state index in [1.165, 1.54) is 6.07 Å². The van der Waals surface area contributed by atoms with Crippen LogP contribution < -0.4 is 0 Å². The molecule has 0 N–H and O–H groups in total. The third kappa shape index (κ3) is 2.88. The van der Waals surface area contributed by atoms with Gasteiger partial charge < -0.3 is 4.79 Å². The largest absolute Gasteiger partial charge is 0.303 e. The zero-order valence-corrected chi connectivity index (χ0v) is 10.2. The van der Waals surface area contributed by atoms with Gasteiger partial charge in [0.1, 0.15) is 11.2 Å². The van der Waals surface area contributed by atoms with Crippen LogP contribution in [0.25, 0.3) is 0 Å². The van der Waals surface area contributed by atoms with Gasteiger partial charge in [-0.3, -0.25) is 0 Å². The molecular weight excluding hydrogens is 250 g/mol. The molecule has 0 saturated heterocycles. The van der Waals surface area contributed by atoms with Gasteiger partial charge in [-0.15, -0.1) is 0 Å². The second-order valence-corrected chi connectivity index (χ2v) is 5.84. The zero-order valence-electron chi connectivity index (χ0n) is 9.41. The van der Waals surface area contributed by atoms with E-state index in [0.29, 0.717) is 6.29 Å². The Hall–Kier alpha value is -1.30. The topological polar surface area (TPSA) is 51.2 Å². The number of sulfone groups is 1. The van der Waals surface area contributed by atoms with Crippen LogP contribution in [-0.2, 0) is 14.6 Å². The van der Waals surface area contributed by atoms with Crippen molar-refractivity contribution >= 4 is 16.1 Å². The molecule has 0 aliphatic rings. The molecule has 0 radical (unpaired) electrons. The van der Waals surface area contributed by atoms with E-state index in [0.717, 1.165) is 12.3 Å². The summed E-state index contributed by atoms with van der Waals surface area (Å²) in [6.45, 7) is 1.56. The van der Waals surface area contributed by atoms with Gasteiger partial charge in [0.05, 0.1) is 0 Å². The second kappa shape index (κ2) is 4.91. The van der Waals surface area contributed by atoms with E-state index in [9.17, 15) is 22.0 Å². The fourth-order valence-corrected chi connectivity index (χ4v) is 2.22. The van der Waals surface area contributed by atoms with Crippen molar-refractivity contribution in [3.8, 4) is 0 Å². The molecule has 1 atom stereocenters. The third-order valence-corrected chi connectivity index (χ3v) is 3.57. The Morgan fingerprint density at radius 3 is 2.35 bits per heavy atom. The van der Waals surface area contributed by atoms with E-state index in [1.54, 1.807) is 6.92 Å². The Balaban J connectivity index is 3.34. The molecule has 17 heavy (non-hydrogen) atoms. The van der Waals surface area contributed by atoms with Crippen molar-refractivity contribution in [2.75, 3.05) is 6.26 Å². The van der Waals surface area contributed by atoms with Gasteiger partial charge in [0.15, 0.2) is 21.5 Å². The molecule has 1 aromatic carbocycles. The van der Waals surface area contributed by atoms with E-state index in [-0.39, 0.29) is 12.0 Å². The highest BCUT2D eigenvalue weighted by atomic mass is 32.2. The number of rotatable bonds is 4. The van der Waals surface area contributed by atoms with Gasteiger partial charge in [0.25, 0.3) is 0 Å². The summed E-state index contributed by atoms with van der Waals surface area (Å²) in [4.78, 5) is 9.63. The minimum atomic E-state index is -3.80. The maximum atomic E-state index is 13.6. The molecular formula is C11H12F2O3S. The summed E-state index contributed by atoms with van der Waals surface area (Å²) >= 11 is 0. The van der Waals surface area contributed by atoms with Gasteiger partial charge in [-0.05, 0) is 17.5 Å². The quantitative estimate of drug-likeness (QED) is 0.780. The lowest BCUT2D eigenvalue weighted by molar-refractivity contribution is -0.108. The maximum Gasteiger partial charge on any atom is 0.178 e. The summed E-state index contributed by atoms with van der Waals surface area (Å²) in [5, 5.41) is 0. The van der Waals surface area contributed by atoms with Crippen molar-refractivity contribution < 1.29 is 22.0 Å². The lowest BCUT2D eigenvalue weighted by Crippen LogP contribution is -2.07. The van der Waals surface area contributed by atoms with Crippen molar-refractivity contribution in [3.05, 3.63) is 29.3 Å². The Bertz CT molecular complexity index is 538. The van der Waals surface area contributed by atoms with Crippen LogP contribution in [-0.4, -0.2) is 21.0 Å². The van der Waals surface area contributed by atoms with Gasteiger partial charge in [-0.25, -0.2) is 17.2 Å². The van der Waals surface area contributed by atoms with Crippen molar-refractivity contribution in [3.63, 3.8) is 0 Å². The predicted octanol–water partition coefficient (Wildman–Crippen LogP) is 2.06. The standard InChI is InChI=1S/C11H12F2O3S/c1-7(5-6-14)8-3-4-9(17(2,15)16)11(13)10(8)12/h3-4,6-7H,5H2,1-2H3. The van der Waals surface area contributed by atoms with Gasteiger partial charge in [0.2, 0.25) is 0 Å². The average Bonchev–Trinajstić information content (AvgIpc) is 2.20. The summed E-state index contributed by atoms with van der Waals surface area (Å²) in [6.07, 6.45) is 1.46. The molecule has 0 fully saturated rings. The van der Waals surface area contributed by atoms with Crippen LogP contribution in [0.4, 0.5) is 8.78 Å². The highest BCUT2D eigenvalue weighted by Crippen LogP contribution is 2.26. The predicted molar refractivity (Wildman–Crippen MR) is 58.6 cm³/mol. The number of hydrogen-bond donors (Lipinski definition) is 0. The summed E-state index contributed by atoms with van der Waals surface area (Å²) in [5.41, 5.74) is 0.00185. The lowest BCUT2D eigenvalue weighted by atomic mass is 9.98. The molecule has 0 spiro atoms. The molecule has 0 saturated carbocycles. The van der Waals surface area contributed by atoms with E-state index in [1.807, 2.05) is 0 Å². The normalized spacial score (nSPS) is 13.4. The molecule has 0 amide bonds. The number of aldehydes is 1. The van der Waals surface area contributed by atoms with E-state index >= 15 is 0 Å². The second-order valence-electron chi connectivity index (χ2n) is 3.86. The van der Waals surface area contributed by atoms with Crippen LogP contribution in [0.2, 0.25) is 0 Å². The maximum absolute atomic E-state index is 13.6. The van der Waals surface area contributed by atoms with Crippen LogP contribution in [0, 0.1) is 11.6 Å². The highest BCUT2D eigenvalue weighted by Gasteiger charge is 2.22. The Morgan fingerprint density at radius 2 is 1.88 bits per heavy atom. The van der Waals surface area contributed by atoms with Crippen LogP contribution in [0.5, 0.6) is 0 Å². The van der Waals surface area contributed by atoms with E-state index < -0.39 is 32.3 Å². The van der Waals surface area contributed by atoms with E-state index in [2.05, 4.69) is 0 Å². The monoisotopic (exact) mass is 262 g/mol. The fourth-order valence-electron chi connectivity index (χ4n) is 1.48. The molecule has 0 aromatic heterocycles. The molecule has 94 valence electrons. The number of hydrogen-bond acceptors (Lipinski definition) is 3. The van der Waals surface area contributed by atoms with Crippen LogP contribution in [0.15, 0.2) is 17.0 Å². The highest BCUT2D eigenvalue weighted by molar-refractivity contribution is 7.90. The smallest absolute Gasteiger partial charge is 0.178 e. The van der Waals surface area contributed by atoms with Gasteiger partial charge in [-0.1, -0.05) is 13.0 Å². The minimum Gasteiger partial charge on any atom is -0.303 e. The summed E-state index contributed by atoms with van der Waals surface area (Å²) < 4.78 is 49.4. The Kier molecular flexibility index (Phi) is 3.98. The molecule has 1 aromatic rings. The van der Waals surface area contributed by atoms with Gasteiger partial charge >= 0.3 is 0 Å². The number of benzene rings is 1. The summed E-state index contributed by atoms with van der Waals surface area (Å²) in [5.74, 6) is -3.08. The zero-order chi connectivity index (χ0) is 13.2. The molecule has 0 bridgehead atoms. The lowest BCUT2D eigenvalue weighted by Gasteiger charge is -2.11. The van der Waals surface area contributed by atoms with Crippen LogP contribution in [0.1, 0.15) is 24.8 Å². The van der Waals surface area contributed by atoms with Crippen molar-refractivity contribution in [1.82, 2.24) is 0 Å². The molecule has 0 aliphatic heterocycles. The molecule has 1 unspecified atom stereocenters. The van der Waals surface area contributed by atoms with Crippen molar-refractivity contribution in [2.24, 2.45) is 0 Å². The molecule has 0 aliphatic carbocycles. The molecule has 1 rings (SSSR count). The first-order chi connectivity index (χ1) is 7.79. The first kappa shape index (κ1) is 13.8. The van der Waals surface area contributed by atoms with Crippen LogP contribution >= 0.6 is 0 Å². The summed E-state index contributed by atoms with van der Waals surface area (Å²) in [6, 6.07) is 2.22. The van der Waals surface area contributed by atoms with Crippen molar-refractivity contribution in [1.29, 1.82) is 0 Å². The Labute approximate surface area is 98.4 Å². The van der Waals surface area contributed by atoms with E-state index in [4.69, 9.17) is 0 Å². The first-order valence-electron chi connectivity index (χ1n) is 4.90. The number of carbonyl (C=O) groups is 1. The summed E-state index contributed by atoms with van der Waals surface area (Å²) in [7, 11) is -3.80. The molecule has 3 nitrogen and oxygen atoms in total. The van der Waals surface area contributed by atoms with Gasteiger partial charge in [-0.2, -0.15) is 0 Å². The first-order valence-corrected chi connectivity index (χ1v) is 6.79. The fraction of sp³-hybridized carbons (Fsp3) is 0.364. The number of carbonyl (C=O) groups excluding carboxylic acids is 1. The number of halogens is 2. The molecule has 6 heteroatoms. The SMILES string of the molecule is CC(CC=O)c1ccc(S(C)(=O)=O)c(F)c1F. The van der Waals surface area contributed by atoms with Gasteiger partial charge in [0, 0.05) is 12.7 Å². The minimum absolute atomic E-state index is 0.00185. The third-order valence-electron chi connectivity index (χ3n) is 2.46. The Morgan fingerprint density at radius 1 is 1.29 bits per heavy atom. The molecule has 0 heterocycles. The van der Waals surface area contributed by atoms with Crippen LogP contribution in [0.3, 0.4) is 0 Å².